The van der Waals surface area contributed by atoms with Crippen molar-refractivity contribution in [3.63, 3.8) is 0 Å². The number of nitrogens with one attached hydrogen (secondary N) is 1. The normalized spacial score (nSPS) is 15.8. The van der Waals surface area contributed by atoms with Crippen molar-refractivity contribution in [1.29, 1.82) is 0 Å². The Hall–Kier alpha value is -4.01. The quantitative estimate of drug-likeness (QED) is 0.215. The topological polar surface area (TPSA) is 92.3 Å². The molecule has 11 heteroatoms. The lowest BCUT2D eigenvalue weighted by atomic mass is 9.93. The molecular formula is C33H24Cl4N4O3. The van der Waals surface area contributed by atoms with Crippen molar-refractivity contribution in [2.75, 3.05) is 13.1 Å². The van der Waals surface area contributed by atoms with E-state index in [9.17, 15) is 14.4 Å². The third-order valence-electron chi connectivity index (χ3n) is 6.87. The maximum atomic E-state index is 14.2. The Bertz CT molecular complexity index is 1710. The smallest absolute Gasteiger partial charge is 0.272 e. The highest BCUT2D eigenvalue weighted by Gasteiger charge is 2.34. The molecule has 1 aromatic heterocycles. The molecule has 2 amide bonds. The number of hydrogen-bond donors (Lipinski definition) is 1. The SMILES string of the molecule is O=C1/C(=C/c2ccc(Cl)c(Cl)c2)CN(C(=O)C(Cc2ccccc2)NC(=O)c2cnccn2)C/C1=C\c1ccc(Cl)c(Cl)c1. The van der Waals surface area contributed by atoms with Crippen molar-refractivity contribution >= 4 is 76.2 Å². The average molecular weight is 666 g/mol. The lowest BCUT2D eigenvalue weighted by molar-refractivity contribution is -0.133. The summed E-state index contributed by atoms with van der Waals surface area (Å²) in [7, 11) is 0. The molecule has 0 spiro atoms. The number of aromatic nitrogens is 2. The van der Waals surface area contributed by atoms with E-state index in [1.165, 1.54) is 18.6 Å². The lowest BCUT2D eigenvalue weighted by Crippen LogP contribution is -2.52. The van der Waals surface area contributed by atoms with Gasteiger partial charge in [0, 0.05) is 43.1 Å². The van der Waals surface area contributed by atoms with Gasteiger partial charge in [-0.2, -0.15) is 0 Å². The molecule has 222 valence electrons. The van der Waals surface area contributed by atoms with Gasteiger partial charge in [0.1, 0.15) is 11.7 Å². The second-order valence-electron chi connectivity index (χ2n) is 10.0. The van der Waals surface area contributed by atoms with Crippen LogP contribution in [-0.2, 0) is 16.0 Å². The van der Waals surface area contributed by atoms with Crippen LogP contribution in [-0.4, -0.2) is 51.6 Å². The highest BCUT2D eigenvalue weighted by molar-refractivity contribution is 6.42. The Balaban J connectivity index is 1.52. The number of hydrogen-bond acceptors (Lipinski definition) is 5. The zero-order valence-corrected chi connectivity index (χ0v) is 26.0. The van der Waals surface area contributed by atoms with Gasteiger partial charge in [-0.3, -0.25) is 19.4 Å². The molecular weight excluding hydrogens is 642 g/mol. The minimum Gasteiger partial charge on any atom is -0.339 e. The molecule has 2 heterocycles. The first-order chi connectivity index (χ1) is 21.2. The fourth-order valence-electron chi connectivity index (χ4n) is 4.72. The Labute approximate surface area is 274 Å². The second kappa shape index (κ2) is 14.2. The van der Waals surface area contributed by atoms with Crippen LogP contribution in [0.1, 0.15) is 27.2 Å². The van der Waals surface area contributed by atoms with Gasteiger partial charge >= 0.3 is 0 Å². The van der Waals surface area contributed by atoms with Crippen LogP contribution in [0.15, 0.2) is 96.5 Å². The summed E-state index contributed by atoms with van der Waals surface area (Å²) < 4.78 is 0. The van der Waals surface area contributed by atoms with E-state index in [1.54, 1.807) is 53.5 Å². The van der Waals surface area contributed by atoms with E-state index >= 15 is 0 Å². The lowest BCUT2D eigenvalue weighted by Gasteiger charge is -2.33. The van der Waals surface area contributed by atoms with Gasteiger partial charge in [0.15, 0.2) is 5.78 Å². The molecule has 5 rings (SSSR count). The van der Waals surface area contributed by atoms with E-state index in [2.05, 4.69) is 15.3 Å². The molecule has 1 aliphatic rings. The van der Waals surface area contributed by atoms with Crippen molar-refractivity contribution in [2.45, 2.75) is 12.5 Å². The van der Waals surface area contributed by atoms with Gasteiger partial charge in [0.25, 0.3) is 5.91 Å². The molecule has 1 aliphatic heterocycles. The van der Waals surface area contributed by atoms with E-state index < -0.39 is 11.9 Å². The van der Waals surface area contributed by atoms with E-state index in [4.69, 9.17) is 46.4 Å². The summed E-state index contributed by atoms with van der Waals surface area (Å²) in [6.07, 6.45) is 7.76. The first-order valence-electron chi connectivity index (χ1n) is 13.4. The van der Waals surface area contributed by atoms with Crippen LogP contribution in [0.3, 0.4) is 0 Å². The van der Waals surface area contributed by atoms with Gasteiger partial charge in [-0.1, -0.05) is 88.9 Å². The summed E-state index contributed by atoms with van der Waals surface area (Å²) in [5.74, 6) is -1.16. The molecule has 7 nitrogen and oxygen atoms in total. The fraction of sp³-hybridized carbons (Fsp3) is 0.121. The first kappa shape index (κ1) is 31.4. The molecule has 0 radical (unpaired) electrons. The number of nitrogens with zero attached hydrogens (tertiary/aromatic N) is 3. The molecule has 1 atom stereocenters. The van der Waals surface area contributed by atoms with E-state index in [1.807, 2.05) is 30.3 Å². The van der Waals surface area contributed by atoms with Crippen LogP contribution in [0.25, 0.3) is 12.2 Å². The summed E-state index contributed by atoms with van der Waals surface area (Å²) in [6, 6.07) is 18.4. The Morgan fingerprint density at radius 1 is 0.818 bits per heavy atom. The summed E-state index contributed by atoms with van der Waals surface area (Å²) >= 11 is 24.7. The molecule has 0 bridgehead atoms. The Morgan fingerprint density at radius 2 is 1.41 bits per heavy atom. The van der Waals surface area contributed by atoms with Gasteiger partial charge in [0.2, 0.25) is 5.91 Å². The molecule has 1 unspecified atom stereocenters. The van der Waals surface area contributed by atoms with Gasteiger partial charge in [-0.25, -0.2) is 4.98 Å². The third-order valence-corrected chi connectivity index (χ3v) is 8.35. The molecule has 4 aromatic rings. The molecule has 0 aliphatic carbocycles. The molecule has 1 fully saturated rings. The number of likely N-dealkylation sites (tertiary alicyclic amines) is 1. The first-order valence-corrected chi connectivity index (χ1v) is 14.9. The van der Waals surface area contributed by atoms with Crippen LogP contribution in [0, 0.1) is 0 Å². The van der Waals surface area contributed by atoms with Gasteiger partial charge in [-0.05, 0) is 53.1 Å². The number of Topliss-reactive ketones (excluding diaryl/α,β-unsaturated/α-hetero) is 1. The highest BCUT2D eigenvalue weighted by Crippen LogP contribution is 2.28. The predicted molar refractivity (Wildman–Crippen MR) is 174 cm³/mol. The van der Waals surface area contributed by atoms with Gasteiger partial charge in [-0.15, -0.1) is 0 Å². The maximum Gasteiger partial charge on any atom is 0.272 e. The van der Waals surface area contributed by atoms with Crippen molar-refractivity contribution in [3.05, 3.63) is 139 Å². The van der Waals surface area contributed by atoms with Crippen molar-refractivity contribution in [1.82, 2.24) is 20.2 Å². The van der Waals surface area contributed by atoms with Gasteiger partial charge < -0.3 is 10.2 Å². The third kappa shape index (κ3) is 7.73. The number of ketones is 1. The summed E-state index contributed by atoms with van der Waals surface area (Å²) in [5.41, 5.74) is 2.91. The number of carbonyl (C=O) groups is 3. The van der Waals surface area contributed by atoms with E-state index in [0.717, 1.165) is 5.56 Å². The predicted octanol–water partition coefficient (Wildman–Crippen LogP) is 7.01. The standard InChI is InChI=1S/C33H24Cl4N4O3/c34-25-8-6-21(14-27(25)36)12-23-18-41(19-24(31(23)42)13-22-7-9-26(35)28(37)15-22)33(44)29(16-20-4-2-1-3-5-20)40-32(43)30-17-38-10-11-39-30/h1-15,17,29H,16,18-19H2,(H,40,43)/b23-12+,24-13+. The number of rotatable bonds is 7. The van der Waals surface area contributed by atoms with E-state index in [0.29, 0.717) is 42.4 Å². The van der Waals surface area contributed by atoms with Gasteiger partial charge in [0.05, 0.1) is 26.3 Å². The number of halogens is 4. The Kier molecular flexibility index (Phi) is 10.1. The minimum atomic E-state index is -0.961. The summed E-state index contributed by atoms with van der Waals surface area (Å²) in [5, 5.41) is 4.25. The van der Waals surface area contributed by atoms with Crippen LogP contribution in [0.5, 0.6) is 0 Å². The van der Waals surface area contributed by atoms with Crippen molar-refractivity contribution in [3.8, 4) is 0 Å². The Morgan fingerprint density at radius 3 is 1.93 bits per heavy atom. The van der Waals surface area contributed by atoms with Crippen LogP contribution >= 0.6 is 46.4 Å². The number of piperidine rings is 1. The average Bonchev–Trinajstić information content (AvgIpc) is 3.03. The highest BCUT2D eigenvalue weighted by atomic mass is 35.5. The largest absolute Gasteiger partial charge is 0.339 e. The van der Waals surface area contributed by atoms with Crippen molar-refractivity contribution < 1.29 is 14.4 Å². The van der Waals surface area contributed by atoms with Crippen LogP contribution in [0.2, 0.25) is 20.1 Å². The second-order valence-corrected chi connectivity index (χ2v) is 11.6. The van der Waals surface area contributed by atoms with Crippen molar-refractivity contribution in [2.24, 2.45) is 0 Å². The summed E-state index contributed by atoms with van der Waals surface area (Å²) in [6.45, 7) is 0.00581. The molecule has 44 heavy (non-hydrogen) atoms. The molecule has 3 aromatic carbocycles. The molecule has 1 N–H and O–H groups in total. The van der Waals surface area contributed by atoms with Crippen LogP contribution < -0.4 is 5.32 Å². The minimum absolute atomic E-state index is 0.00291. The number of amides is 2. The zero-order valence-electron chi connectivity index (χ0n) is 23.0. The number of carbonyl (C=O) groups excluding carboxylic acids is 3. The monoisotopic (exact) mass is 664 g/mol. The molecule has 0 saturated carbocycles. The summed E-state index contributed by atoms with van der Waals surface area (Å²) in [4.78, 5) is 50.6. The van der Waals surface area contributed by atoms with Crippen LogP contribution in [0.4, 0.5) is 0 Å². The zero-order chi connectivity index (χ0) is 31.2. The fourth-order valence-corrected chi connectivity index (χ4v) is 5.33. The number of benzene rings is 3. The van der Waals surface area contributed by atoms with E-state index in [-0.39, 0.29) is 36.9 Å². The maximum absolute atomic E-state index is 14.2. The molecule has 1 saturated heterocycles.